The minimum atomic E-state index is -4.76. The first-order valence-electron chi connectivity index (χ1n) is 9.47. The largest absolute Gasteiger partial charge is 0.573 e. The highest BCUT2D eigenvalue weighted by atomic mass is 32.1. The van der Waals surface area contributed by atoms with Crippen LogP contribution >= 0.6 is 23.6 Å². The van der Waals surface area contributed by atoms with E-state index in [1.165, 1.54) is 35.6 Å². The number of thiophene rings is 1. The van der Waals surface area contributed by atoms with Crippen LogP contribution in [0.2, 0.25) is 0 Å². The van der Waals surface area contributed by atoms with Gasteiger partial charge in [0, 0.05) is 16.1 Å². The van der Waals surface area contributed by atoms with E-state index >= 15 is 0 Å². The number of benzene rings is 2. The van der Waals surface area contributed by atoms with Crippen LogP contribution in [0.5, 0.6) is 5.75 Å². The van der Waals surface area contributed by atoms with Crippen LogP contribution in [0.4, 0.5) is 23.9 Å². The summed E-state index contributed by atoms with van der Waals surface area (Å²) in [4.78, 5) is 13.6. The Balaban J connectivity index is 1.82. The first-order valence-corrected chi connectivity index (χ1v) is 10.7. The number of ether oxygens (including phenoxy) is 2. The summed E-state index contributed by atoms with van der Waals surface area (Å²) >= 11 is 6.69. The first kappa shape index (κ1) is 23.6. The summed E-state index contributed by atoms with van der Waals surface area (Å²) in [7, 11) is 0. The standard InChI is InChI=1S/C22H19F3N2O3S2/c1-3-29-20(28)18-17(14-7-5-4-6-8-14)13(2)32-19(18)27-21(31)26-15-9-11-16(12-10-15)30-22(23,24)25/h4-12H,3H2,1-2H3,(H2,26,27,31). The van der Waals surface area contributed by atoms with Crippen molar-refractivity contribution in [3.8, 4) is 16.9 Å². The lowest BCUT2D eigenvalue weighted by Gasteiger charge is -2.13. The zero-order chi connectivity index (χ0) is 23.3. The van der Waals surface area contributed by atoms with Crippen LogP contribution in [0, 0.1) is 6.92 Å². The monoisotopic (exact) mass is 480 g/mol. The molecule has 0 saturated heterocycles. The van der Waals surface area contributed by atoms with E-state index in [9.17, 15) is 18.0 Å². The van der Waals surface area contributed by atoms with Crippen LogP contribution < -0.4 is 15.4 Å². The second kappa shape index (κ2) is 10.0. The Hall–Kier alpha value is -3.11. The number of nitrogens with one attached hydrogen (secondary N) is 2. The molecule has 2 aromatic carbocycles. The lowest BCUT2D eigenvalue weighted by Crippen LogP contribution is -2.20. The molecule has 1 aromatic heterocycles. The Morgan fingerprint density at radius 2 is 1.72 bits per heavy atom. The summed E-state index contributed by atoms with van der Waals surface area (Å²) in [6.07, 6.45) is -4.76. The number of halogens is 3. The molecule has 168 valence electrons. The number of thiocarbonyl (C=S) groups is 1. The van der Waals surface area contributed by atoms with Crippen molar-refractivity contribution in [2.24, 2.45) is 0 Å². The van der Waals surface area contributed by atoms with Crippen molar-refractivity contribution in [2.75, 3.05) is 17.2 Å². The van der Waals surface area contributed by atoms with E-state index in [2.05, 4.69) is 15.4 Å². The van der Waals surface area contributed by atoms with Crippen LogP contribution in [0.25, 0.3) is 11.1 Å². The van der Waals surface area contributed by atoms with Gasteiger partial charge in [-0.3, -0.25) is 0 Å². The number of rotatable bonds is 6. The predicted octanol–water partition coefficient (Wildman–Crippen LogP) is 6.61. The van der Waals surface area contributed by atoms with Gasteiger partial charge in [0.05, 0.1) is 6.61 Å². The van der Waals surface area contributed by atoms with Gasteiger partial charge in [-0.05, 0) is 55.9 Å². The lowest BCUT2D eigenvalue weighted by molar-refractivity contribution is -0.274. The van der Waals surface area contributed by atoms with E-state index in [0.29, 0.717) is 16.3 Å². The van der Waals surface area contributed by atoms with Crippen molar-refractivity contribution < 1.29 is 27.4 Å². The molecular weight excluding hydrogens is 461 g/mol. The third-order valence-corrected chi connectivity index (χ3v) is 5.42. The van der Waals surface area contributed by atoms with Crippen molar-refractivity contribution in [3.05, 3.63) is 65.0 Å². The molecule has 2 N–H and O–H groups in total. The fourth-order valence-corrected chi connectivity index (χ4v) is 4.34. The van der Waals surface area contributed by atoms with Crippen LogP contribution in [0.1, 0.15) is 22.2 Å². The molecule has 0 amide bonds. The molecule has 0 atom stereocenters. The summed E-state index contributed by atoms with van der Waals surface area (Å²) in [5.74, 6) is -0.817. The highest BCUT2D eigenvalue weighted by Crippen LogP contribution is 2.40. The minimum absolute atomic E-state index is 0.167. The van der Waals surface area contributed by atoms with Crippen molar-refractivity contribution >= 4 is 45.3 Å². The van der Waals surface area contributed by atoms with Gasteiger partial charge >= 0.3 is 12.3 Å². The average Bonchev–Trinajstić information content (AvgIpc) is 3.04. The van der Waals surface area contributed by atoms with Crippen molar-refractivity contribution in [1.82, 2.24) is 0 Å². The van der Waals surface area contributed by atoms with Gasteiger partial charge in [0.2, 0.25) is 0 Å². The molecule has 0 aliphatic carbocycles. The van der Waals surface area contributed by atoms with Gasteiger partial charge in [0.25, 0.3) is 0 Å². The van der Waals surface area contributed by atoms with Crippen LogP contribution in [-0.2, 0) is 4.74 Å². The lowest BCUT2D eigenvalue weighted by atomic mass is 10.0. The third-order valence-electron chi connectivity index (χ3n) is 4.20. The maximum atomic E-state index is 12.7. The van der Waals surface area contributed by atoms with Crippen LogP contribution in [0.3, 0.4) is 0 Å². The van der Waals surface area contributed by atoms with E-state index in [0.717, 1.165) is 16.0 Å². The van der Waals surface area contributed by atoms with E-state index in [1.54, 1.807) is 6.92 Å². The topological polar surface area (TPSA) is 59.6 Å². The highest BCUT2D eigenvalue weighted by Gasteiger charge is 2.31. The average molecular weight is 481 g/mol. The van der Waals surface area contributed by atoms with Gasteiger partial charge in [-0.25, -0.2) is 4.79 Å². The molecule has 1 heterocycles. The molecule has 0 bridgehead atoms. The molecule has 0 fully saturated rings. The number of esters is 1. The number of carbonyl (C=O) groups excluding carboxylic acids is 1. The van der Waals surface area contributed by atoms with Crippen molar-refractivity contribution in [1.29, 1.82) is 0 Å². The van der Waals surface area contributed by atoms with Gasteiger partial charge < -0.3 is 20.1 Å². The molecule has 3 rings (SSSR count). The molecule has 32 heavy (non-hydrogen) atoms. The van der Waals surface area contributed by atoms with E-state index in [1.807, 2.05) is 37.3 Å². The number of hydrogen-bond donors (Lipinski definition) is 2. The number of alkyl halides is 3. The second-order valence-electron chi connectivity index (χ2n) is 6.48. The molecule has 0 unspecified atom stereocenters. The maximum absolute atomic E-state index is 12.7. The molecule has 0 aliphatic heterocycles. The zero-order valence-corrected chi connectivity index (χ0v) is 18.7. The molecular formula is C22H19F3N2O3S2. The molecule has 0 radical (unpaired) electrons. The summed E-state index contributed by atoms with van der Waals surface area (Å²) in [6, 6.07) is 14.6. The third kappa shape index (κ3) is 5.98. The Morgan fingerprint density at radius 3 is 2.31 bits per heavy atom. The Bertz CT molecular complexity index is 1100. The number of carbonyl (C=O) groups is 1. The summed E-state index contributed by atoms with van der Waals surface area (Å²) in [5.41, 5.74) is 2.45. The normalized spacial score (nSPS) is 11.0. The van der Waals surface area contributed by atoms with E-state index < -0.39 is 12.3 Å². The van der Waals surface area contributed by atoms with E-state index in [4.69, 9.17) is 17.0 Å². The Morgan fingerprint density at radius 1 is 1.06 bits per heavy atom. The number of hydrogen-bond acceptors (Lipinski definition) is 5. The first-order chi connectivity index (χ1) is 15.2. The van der Waals surface area contributed by atoms with Crippen molar-refractivity contribution in [2.45, 2.75) is 20.2 Å². The smallest absolute Gasteiger partial charge is 0.462 e. The Labute approximate surface area is 192 Å². The van der Waals surface area contributed by atoms with Gasteiger partial charge in [-0.15, -0.1) is 24.5 Å². The Kier molecular flexibility index (Phi) is 7.37. The van der Waals surface area contributed by atoms with Gasteiger partial charge in [-0.2, -0.15) is 0 Å². The van der Waals surface area contributed by atoms with Crippen LogP contribution in [0.15, 0.2) is 54.6 Å². The van der Waals surface area contributed by atoms with Crippen LogP contribution in [-0.4, -0.2) is 24.1 Å². The quantitative estimate of drug-likeness (QED) is 0.306. The maximum Gasteiger partial charge on any atom is 0.573 e. The SMILES string of the molecule is CCOC(=O)c1c(NC(=S)Nc2ccc(OC(F)(F)F)cc2)sc(C)c1-c1ccccc1. The molecule has 5 nitrogen and oxygen atoms in total. The second-order valence-corrected chi connectivity index (χ2v) is 8.11. The highest BCUT2D eigenvalue weighted by molar-refractivity contribution is 7.80. The molecule has 3 aromatic rings. The number of anilines is 2. The molecule has 0 aliphatic rings. The summed E-state index contributed by atoms with van der Waals surface area (Å²) in [5, 5.41) is 6.57. The van der Waals surface area contributed by atoms with E-state index in [-0.39, 0.29) is 17.5 Å². The fourth-order valence-electron chi connectivity index (χ4n) is 2.99. The summed E-state index contributed by atoms with van der Waals surface area (Å²) in [6.45, 7) is 3.85. The molecule has 0 spiro atoms. The number of aryl methyl sites for hydroxylation is 1. The fraction of sp³-hybridized carbons (Fsp3) is 0.182. The van der Waals surface area contributed by atoms with Gasteiger partial charge in [0.1, 0.15) is 16.3 Å². The van der Waals surface area contributed by atoms with Crippen molar-refractivity contribution in [3.63, 3.8) is 0 Å². The minimum Gasteiger partial charge on any atom is -0.462 e. The van der Waals surface area contributed by atoms with Gasteiger partial charge in [-0.1, -0.05) is 30.3 Å². The summed E-state index contributed by atoms with van der Waals surface area (Å²) < 4.78 is 46.0. The van der Waals surface area contributed by atoms with Gasteiger partial charge in [0.15, 0.2) is 5.11 Å². The predicted molar refractivity (Wildman–Crippen MR) is 123 cm³/mol. The molecule has 0 saturated carbocycles. The zero-order valence-electron chi connectivity index (χ0n) is 17.1. The molecule has 10 heteroatoms.